The Balaban J connectivity index is 1.78. The number of ether oxygens (including phenoxy) is 1. The molecule has 4 heteroatoms. The Morgan fingerprint density at radius 3 is 1.97 bits per heavy atom. The first-order valence-electron chi connectivity index (χ1n) is 10.5. The molecule has 0 spiro atoms. The van der Waals surface area contributed by atoms with Gasteiger partial charge in [-0.15, -0.1) is 0 Å². The predicted molar refractivity (Wildman–Crippen MR) is 121 cm³/mol. The summed E-state index contributed by atoms with van der Waals surface area (Å²) in [5.41, 5.74) is 3.37. The maximum absolute atomic E-state index is 10.8. The maximum Gasteiger partial charge on any atom is 0.122 e. The third kappa shape index (κ3) is 6.17. The highest BCUT2D eigenvalue weighted by Crippen LogP contribution is 2.29. The molecule has 0 aromatic heterocycles. The van der Waals surface area contributed by atoms with E-state index in [1.165, 1.54) is 0 Å². The van der Waals surface area contributed by atoms with Crippen LogP contribution >= 0.6 is 0 Å². The zero-order chi connectivity index (χ0) is 21.2. The average Bonchev–Trinajstić information content (AvgIpc) is 2.78. The molecule has 0 saturated carbocycles. The number of hydrogen-bond acceptors (Lipinski definition) is 4. The molecule has 0 aliphatic rings. The quantitative estimate of drug-likeness (QED) is 0.502. The van der Waals surface area contributed by atoms with Gasteiger partial charge in [-0.05, 0) is 36.1 Å². The van der Waals surface area contributed by atoms with E-state index in [0.717, 1.165) is 22.4 Å². The van der Waals surface area contributed by atoms with E-state index < -0.39 is 6.10 Å². The number of aliphatic hydroxyl groups excluding tert-OH is 2. The van der Waals surface area contributed by atoms with Crippen LogP contribution in [0.3, 0.4) is 0 Å². The van der Waals surface area contributed by atoms with Gasteiger partial charge in [0.1, 0.15) is 18.5 Å². The summed E-state index contributed by atoms with van der Waals surface area (Å²) in [6.45, 7) is 3.45. The zero-order valence-corrected chi connectivity index (χ0v) is 17.5. The summed E-state index contributed by atoms with van der Waals surface area (Å²) >= 11 is 0. The van der Waals surface area contributed by atoms with Gasteiger partial charge in [-0.3, -0.25) is 4.90 Å². The summed E-state index contributed by atoms with van der Waals surface area (Å²) in [5.74, 6) is 0.793. The SMILES string of the molecule is Cc1ccccc1OCC(O)CN(CCCO)C(c1ccccc1)c1ccccc1. The van der Waals surface area contributed by atoms with E-state index in [2.05, 4.69) is 29.2 Å². The lowest BCUT2D eigenvalue weighted by Crippen LogP contribution is -2.39. The van der Waals surface area contributed by atoms with Crippen LogP contribution in [0, 0.1) is 6.92 Å². The molecule has 158 valence electrons. The summed E-state index contributed by atoms with van der Waals surface area (Å²) in [6.07, 6.45) is -0.0140. The van der Waals surface area contributed by atoms with Crippen LogP contribution in [0.4, 0.5) is 0 Å². The molecule has 30 heavy (non-hydrogen) atoms. The lowest BCUT2D eigenvalue weighted by Gasteiger charge is -2.34. The highest BCUT2D eigenvalue weighted by Gasteiger charge is 2.24. The normalized spacial score (nSPS) is 12.3. The van der Waals surface area contributed by atoms with E-state index in [1.807, 2.05) is 67.6 Å². The molecule has 0 bridgehead atoms. The van der Waals surface area contributed by atoms with Crippen molar-refractivity contribution >= 4 is 0 Å². The molecule has 0 aliphatic heterocycles. The van der Waals surface area contributed by atoms with Crippen molar-refractivity contribution in [1.82, 2.24) is 4.90 Å². The van der Waals surface area contributed by atoms with Crippen molar-refractivity contribution < 1.29 is 14.9 Å². The van der Waals surface area contributed by atoms with Crippen LogP contribution in [0.1, 0.15) is 29.2 Å². The number of aliphatic hydroxyl groups is 2. The fourth-order valence-electron chi connectivity index (χ4n) is 3.71. The van der Waals surface area contributed by atoms with Crippen LogP contribution in [0.2, 0.25) is 0 Å². The Bertz CT molecular complexity index is 830. The molecular weight excluding hydrogens is 374 g/mol. The van der Waals surface area contributed by atoms with Gasteiger partial charge in [0, 0.05) is 19.7 Å². The Morgan fingerprint density at radius 2 is 1.40 bits per heavy atom. The van der Waals surface area contributed by atoms with Gasteiger partial charge in [0.25, 0.3) is 0 Å². The molecular formula is C26H31NO3. The van der Waals surface area contributed by atoms with Crippen molar-refractivity contribution in [3.05, 3.63) is 102 Å². The van der Waals surface area contributed by atoms with Crippen LogP contribution in [0.5, 0.6) is 5.75 Å². The highest BCUT2D eigenvalue weighted by molar-refractivity contribution is 5.32. The molecule has 0 amide bonds. The lowest BCUT2D eigenvalue weighted by molar-refractivity contribution is 0.0550. The Morgan fingerprint density at radius 1 is 0.833 bits per heavy atom. The third-order valence-electron chi connectivity index (χ3n) is 5.17. The molecule has 0 radical (unpaired) electrons. The van der Waals surface area contributed by atoms with Gasteiger partial charge in [-0.1, -0.05) is 78.9 Å². The van der Waals surface area contributed by atoms with Crippen molar-refractivity contribution in [2.45, 2.75) is 25.5 Å². The lowest BCUT2D eigenvalue weighted by atomic mass is 9.96. The molecule has 3 aromatic rings. The third-order valence-corrected chi connectivity index (χ3v) is 5.17. The van der Waals surface area contributed by atoms with Crippen LogP contribution in [0.15, 0.2) is 84.9 Å². The van der Waals surface area contributed by atoms with Crippen molar-refractivity contribution in [3.63, 3.8) is 0 Å². The smallest absolute Gasteiger partial charge is 0.122 e. The zero-order valence-electron chi connectivity index (χ0n) is 17.5. The van der Waals surface area contributed by atoms with E-state index in [4.69, 9.17) is 4.74 Å². The molecule has 3 aromatic carbocycles. The second-order valence-electron chi connectivity index (χ2n) is 7.53. The van der Waals surface area contributed by atoms with E-state index >= 15 is 0 Å². The molecule has 0 heterocycles. The predicted octanol–water partition coefficient (Wildman–Crippen LogP) is 4.21. The molecule has 4 nitrogen and oxygen atoms in total. The van der Waals surface area contributed by atoms with E-state index in [-0.39, 0.29) is 19.3 Å². The summed E-state index contributed by atoms with van der Waals surface area (Å²) in [4.78, 5) is 2.23. The summed E-state index contributed by atoms with van der Waals surface area (Å²) in [5, 5.41) is 20.2. The van der Waals surface area contributed by atoms with Crippen LogP contribution in [0.25, 0.3) is 0 Å². The Labute approximate surface area is 179 Å². The van der Waals surface area contributed by atoms with Crippen molar-refractivity contribution in [2.24, 2.45) is 0 Å². The molecule has 0 aliphatic carbocycles. The molecule has 1 unspecified atom stereocenters. The Kier molecular flexibility index (Phi) is 8.45. The van der Waals surface area contributed by atoms with E-state index in [1.54, 1.807) is 0 Å². The number of rotatable bonds is 11. The molecule has 0 saturated heterocycles. The van der Waals surface area contributed by atoms with E-state index in [9.17, 15) is 10.2 Å². The first-order valence-corrected chi connectivity index (χ1v) is 10.5. The number of para-hydroxylation sites is 1. The average molecular weight is 406 g/mol. The first-order chi connectivity index (χ1) is 14.7. The first kappa shape index (κ1) is 22.0. The number of nitrogens with zero attached hydrogens (tertiary/aromatic N) is 1. The number of hydrogen-bond donors (Lipinski definition) is 2. The highest BCUT2D eigenvalue weighted by atomic mass is 16.5. The van der Waals surface area contributed by atoms with Gasteiger partial charge in [0.05, 0.1) is 6.04 Å². The van der Waals surface area contributed by atoms with E-state index in [0.29, 0.717) is 19.5 Å². The monoisotopic (exact) mass is 405 g/mol. The van der Waals surface area contributed by atoms with Gasteiger partial charge < -0.3 is 14.9 Å². The van der Waals surface area contributed by atoms with Crippen LogP contribution in [-0.4, -0.2) is 47.5 Å². The standard InChI is InChI=1S/C26H31NO3/c1-21-11-8-9-16-25(21)30-20-24(29)19-27(17-10-18-28)26(22-12-4-2-5-13-22)23-14-6-3-7-15-23/h2-9,11-16,24,26,28-29H,10,17-20H2,1H3. The van der Waals surface area contributed by atoms with Gasteiger partial charge in [-0.2, -0.15) is 0 Å². The minimum Gasteiger partial charge on any atom is -0.491 e. The largest absolute Gasteiger partial charge is 0.491 e. The van der Waals surface area contributed by atoms with Crippen molar-refractivity contribution in [2.75, 3.05) is 26.3 Å². The molecule has 0 fully saturated rings. The topological polar surface area (TPSA) is 52.9 Å². The summed E-state index contributed by atoms with van der Waals surface area (Å²) < 4.78 is 5.87. The second kappa shape index (κ2) is 11.5. The molecule has 1 atom stereocenters. The maximum atomic E-state index is 10.8. The van der Waals surface area contributed by atoms with Gasteiger partial charge in [0.15, 0.2) is 0 Å². The van der Waals surface area contributed by atoms with Gasteiger partial charge in [0.2, 0.25) is 0 Å². The Hall–Kier alpha value is -2.66. The fourth-order valence-corrected chi connectivity index (χ4v) is 3.71. The van der Waals surface area contributed by atoms with Gasteiger partial charge >= 0.3 is 0 Å². The van der Waals surface area contributed by atoms with Crippen LogP contribution in [-0.2, 0) is 0 Å². The minimum absolute atomic E-state index is 0.00735. The van der Waals surface area contributed by atoms with Crippen molar-refractivity contribution in [1.29, 1.82) is 0 Å². The number of aryl methyl sites for hydroxylation is 1. The van der Waals surface area contributed by atoms with Gasteiger partial charge in [-0.25, -0.2) is 0 Å². The second-order valence-corrected chi connectivity index (χ2v) is 7.53. The summed E-state index contributed by atoms with van der Waals surface area (Å²) in [7, 11) is 0. The van der Waals surface area contributed by atoms with Crippen molar-refractivity contribution in [3.8, 4) is 5.75 Å². The van der Waals surface area contributed by atoms with Crippen LogP contribution < -0.4 is 4.74 Å². The number of benzene rings is 3. The summed E-state index contributed by atoms with van der Waals surface area (Å²) in [6, 6.07) is 28.4. The molecule has 3 rings (SSSR count). The fraction of sp³-hybridized carbons (Fsp3) is 0.308. The minimum atomic E-state index is -0.654. The molecule has 2 N–H and O–H groups in total.